The van der Waals surface area contributed by atoms with Crippen LogP contribution in [-0.4, -0.2) is 21.2 Å². The number of aryl methyl sites for hydroxylation is 1. The number of hydrogen-bond donors (Lipinski definition) is 2. The fourth-order valence-electron chi connectivity index (χ4n) is 2.86. The van der Waals surface area contributed by atoms with Crippen LogP contribution in [0.2, 0.25) is 0 Å². The standard InChI is InChI=1S/C21H18N4O4/c1-14-16(9-11-28-14)20(26)23-24-21(27)17-6-2-3-7-18(17)29-13-15-12-25-10-5-4-8-19(25)22-15/h2-12H,13H2,1H3,(H,23,26)(H,24,27). The number of para-hydroxylation sites is 1. The topological polar surface area (TPSA) is 97.9 Å². The molecule has 0 bridgehead atoms. The highest BCUT2D eigenvalue weighted by Gasteiger charge is 2.16. The molecule has 29 heavy (non-hydrogen) atoms. The van der Waals surface area contributed by atoms with Gasteiger partial charge in [0.15, 0.2) is 0 Å². The molecule has 2 N–H and O–H groups in total. The normalized spacial score (nSPS) is 10.7. The molecule has 1 aromatic carbocycles. The minimum absolute atomic E-state index is 0.201. The summed E-state index contributed by atoms with van der Waals surface area (Å²) in [5.74, 6) is -0.110. The highest BCUT2D eigenvalue weighted by Crippen LogP contribution is 2.19. The van der Waals surface area contributed by atoms with Crippen molar-refractivity contribution in [1.29, 1.82) is 0 Å². The average Bonchev–Trinajstić information content (AvgIpc) is 3.36. The van der Waals surface area contributed by atoms with Gasteiger partial charge in [0.2, 0.25) is 0 Å². The van der Waals surface area contributed by atoms with Crippen molar-refractivity contribution in [3.8, 4) is 5.75 Å². The van der Waals surface area contributed by atoms with Gasteiger partial charge in [-0.15, -0.1) is 0 Å². The van der Waals surface area contributed by atoms with Crippen molar-refractivity contribution in [2.24, 2.45) is 0 Å². The van der Waals surface area contributed by atoms with E-state index >= 15 is 0 Å². The summed E-state index contributed by atoms with van der Waals surface area (Å²) in [5, 5.41) is 0. The van der Waals surface area contributed by atoms with E-state index in [4.69, 9.17) is 9.15 Å². The number of carbonyl (C=O) groups excluding carboxylic acids is 2. The third-order valence-electron chi connectivity index (χ3n) is 4.31. The zero-order valence-corrected chi connectivity index (χ0v) is 15.6. The number of nitrogens with one attached hydrogen (secondary N) is 2. The maximum absolute atomic E-state index is 12.5. The second-order valence-corrected chi connectivity index (χ2v) is 6.28. The summed E-state index contributed by atoms with van der Waals surface area (Å²) in [6.45, 7) is 1.87. The van der Waals surface area contributed by atoms with Gasteiger partial charge in [-0.1, -0.05) is 18.2 Å². The van der Waals surface area contributed by atoms with Crippen LogP contribution in [0.5, 0.6) is 5.75 Å². The van der Waals surface area contributed by atoms with Crippen LogP contribution in [-0.2, 0) is 6.61 Å². The van der Waals surface area contributed by atoms with Gasteiger partial charge in [0.25, 0.3) is 11.8 Å². The Morgan fingerprint density at radius 1 is 1.03 bits per heavy atom. The van der Waals surface area contributed by atoms with E-state index in [1.54, 1.807) is 31.2 Å². The molecule has 0 fully saturated rings. The summed E-state index contributed by atoms with van der Waals surface area (Å²) in [6.07, 6.45) is 5.18. The van der Waals surface area contributed by atoms with Gasteiger partial charge < -0.3 is 13.6 Å². The van der Waals surface area contributed by atoms with Crippen LogP contribution in [0, 0.1) is 6.92 Å². The first-order chi connectivity index (χ1) is 14.1. The van der Waals surface area contributed by atoms with E-state index in [0.29, 0.717) is 22.6 Å². The third kappa shape index (κ3) is 3.96. The summed E-state index contributed by atoms with van der Waals surface area (Å²) in [7, 11) is 0. The predicted octanol–water partition coefficient (Wildman–Crippen LogP) is 2.89. The van der Waals surface area contributed by atoms with Crippen molar-refractivity contribution in [2.45, 2.75) is 13.5 Å². The molecule has 8 nitrogen and oxygen atoms in total. The number of furan rings is 1. The summed E-state index contributed by atoms with van der Waals surface area (Å²) < 4.78 is 12.8. The van der Waals surface area contributed by atoms with Gasteiger partial charge in [-0.2, -0.15) is 0 Å². The van der Waals surface area contributed by atoms with Crippen LogP contribution in [0.4, 0.5) is 0 Å². The van der Waals surface area contributed by atoms with E-state index in [0.717, 1.165) is 11.3 Å². The smallest absolute Gasteiger partial charge is 0.273 e. The van der Waals surface area contributed by atoms with Crippen molar-refractivity contribution in [3.05, 3.63) is 89.8 Å². The number of rotatable bonds is 5. The Labute approximate surface area is 166 Å². The first-order valence-electron chi connectivity index (χ1n) is 8.91. The highest BCUT2D eigenvalue weighted by molar-refractivity contribution is 6.00. The van der Waals surface area contributed by atoms with E-state index < -0.39 is 11.8 Å². The Hall–Kier alpha value is -4.07. The molecule has 0 spiro atoms. The molecule has 0 aliphatic carbocycles. The quantitative estimate of drug-likeness (QED) is 0.511. The van der Waals surface area contributed by atoms with Gasteiger partial charge in [-0.3, -0.25) is 20.4 Å². The van der Waals surface area contributed by atoms with Gasteiger partial charge >= 0.3 is 0 Å². The van der Waals surface area contributed by atoms with E-state index in [-0.39, 0.29) is 6.61 Å². The maximum atomic E-state index is 12.5. The van der Waals surface area contributed by atoms with Crippen LogP contribution in [0.15, 0.2) is 71.6 Å². The van der Waals surface area contributed by atoms with E-state index in [9.17, 15) is 9.59 Å². The second kappa shape index (κ2) is 7.89. The zero-order chi connectivity index (χ0) is 20.2. The van der Waals surface area contributed by atoms with Crippen LogP contribution in [0.25, 0.3) is 5.65 Å². The molecular formula is C21H18N4O4. The van der Waals surface area contributed by atoms with Crippen LogP contribution >= 0.6 is 0 Å². The summed E-state index contributed by atoms with van der Waals surface area (Å²) in [6, 6.07) is 14.0. The number of carbonyl (C=O) groups is 2. The van der Waals surface area contributed by atoms with Gasteiger partial charge in [-0.25, -0.2) is 4.98 Å². The number of pyridine rings is 1. The molecule has 4 rings (SSSR count). The van der Waals surface area contributed by atoms with Gasteiger partial charge in [-0.05, 0) is 37.3 Å². The number of benzene rings is 1. The van der Waals surface area contributed by atoms with Crippen molar-refractivity contribution in [2.75, 3.05) is 0 Å². The average molecular weight is 390 g/mol. The van der Waals surface area contributed by atoms with Crippen LogP contribution < -0.4 is 15.6 Å². The lowest BCUT2D eigenvalue weighted by Crippen LogP contribution is -2.41. The van der Waals surface area contributed by atoms with E-state index in [1.807, 2.05) is 35.0 Å². The molecule has 4 aromatic rings. The lowest BCUT2D eigenvalue weighted by molar-refractivity contribution is 0.0843. The maximum Gasteiger partial charge on any atom is 0.273 e. The van der Waals surface area contributed by atoms with Crippen molar-refractivity contribution >= 4 is 17.5 Å². The largest absolute Gasteiger partial charge is 0.486 e. The van der Waals surface area contributed by atoms with Crippen LogP contribution in [0.3, 0.4) is 0 Å². The molecule has 3 aromatic heterocycles. The number of aromatic nitrogens is 2. The number of hydrazine groups is 1. The molecule has 0 unspecified atom stereocenters. The Morgan fingerprint density at radius 3 is 2.55 bits per heavy atom. The molecule has 0 radical (unpaired) electrons. The SMILES string of the molecule is Cc1occc1C(=O)NNC(=O)c1ccccc1OCc1cn2ccccc2n1. The minimum Gasteiger partial charge on any atom is -0.486 e. The van der Waals surface area contributed by atoms with E-state index in [1.165, 1.54) is 12.3 Å². The zero-order valence-electron chi connectivity index (χ0n) is 15.6. The number of fused-ring (bicyclic) bond motifs is 1. The number of amides is 2. The molecule has 0 aliphatic heterocycles. The summed E-state index contributed by atoms with van der Waals surface area (Å²) in [4.78, 5) is 29.1. The molecule has 0 aliphatic rings. The minimum atomic E-state index is -0.495. The monoisotopic (exact) mass is 390 g/mol. The number of ether oxygens (including phenoxy) is 1. The van der Waals surface area contributed by atoms with Gasteiger partial charge in [0.1, 0.15) is 23.8 Å². The number of hydrogen-bond acceptors (Lipinski definition) is 5. The molecule has 8 heteroatoms. The van der Waals surface area contributed by atoms with Gasteiger partial charge in [0.05, 0.1) is 23.1 Å². The highest BCUT2D eigenvalue weighted by atomic mass is 16.5. The first-order valence-corrected chi connectivity index (χ1v) is 8.91. The molecular weight excluding hydrogens is 372 g/mol. The second-order valence-electron chi connectivity index (χ2n) is 6.28. The Kier molecular flexibility index (Phi) is 4.98. The fourth-order valence-corrected chi connectivity index (χ4v) is 2.86. The van der Waals surface area contributed by atoms with Crippen molar-refractivity contribution < 1.29 is 18.7 Å². The van der Waals surface area contributed by atoms with Gasteiger partial charge in [0, 0.05) is 12.4 Å². The Balaban J connectivity index is 1.42. The molecule has 0 saturated carbocycles. The summed E-state index contributed by atoms with van der Waals surface area (Å²) >= 11 is 0. The first kappa shape index (κ1) is 18.3. The van der Waals surface area contributed by atoms with Crippen LogP contribution in [0.1, 0.15) is 32.2 Å². The molecule has 0 atom stereocenters. The van der Waals surface area contributed by atoms with Crippen molar-refractivity contribution in [1.82, 2.24) is 20.2 Å². The van der Waals surface area contributed by atoms with Crippen molar-refractivity contribution in [3.63, 3.8) is 0 Å². The Bertz CT molecular complexity index is 1150. The molecule has 3 heterocycles. The van der Waals surface area contributed by atoms with E-state index in [2.05, 4.69) is 15.8 Å². The third-order valence-corrected chi connectivity index (χ3v) is 4.31. The lowest BCUT2D eigenvalue weighted by Gasteiger charge is -2.11. The fraction of sp³-hybridized carbons (Fsp3) is 0.0952. The number of imidazole rings is 1. The molecule has 0 saturated heterocycles. The molecule has 2 amide bonds. The number of nitrogens with zero attached hydrogens (tertiary/aromatic N) is 2. The summed E-state index contributed by atoms with van der Waals surface area (Å²) in [5.41, 5.74) is 6.95. The predicted molar refractivity (Wildman–Crippen MR) is 104 cm³/mol. The Morgan fingerprint density at radius 2 is 1.79 bits per heavy atom. The molecule has 146 valence electrons. The lowest BCUT2D eigenvalue weighted by atomic mass is 10.2.